The summed E-state index contributed by atoms with van der Waals surface area (Å²) in [7, 11) is 0. The highest BCUT2D eigenvalue weighted by Gasteiger charge is 1.98. The van der Waals surface area contributed by atoms with E-state index in [9.17, 15) is 0 Å². The van der Waals surface area contributed by atoms with Crippen molar-refractivity contribution < 1.29 is 0 Å². The smallest absolute Gasteiger partial charge is 0.149 e. The summed E-state index contributed by atoms with van der Waals surface area (Å²) in [5.74, 6) is 0.440. The second-order valence-corrected chi connectivity index (χ2v) is 2.07. The van der Waals surface area contributed by atoms with E-state index in [1.807, 2.05) is 6.92 Å². The van der Waals surface area contributed by atoms with Crippen molar-refractivity contribution in [3.05, 3.63) is 24.7 Å². The summed E-state index contributed by atoms with van der Waals surface area (Å²) in [6, 6.07) is 0. The number of hydrogen-bond donors (Lipinski definition) is 1. The Morgan fingerprint density at radius 2 is 2.10 bits per heavy atom. The van der Waals surface area contributed by atoms with Gasteiger partial charge in [-0.1, -0.05) is 6.58 Å². The van der Waals surface area contributed by atoms with Gasteiger partial charge in [-0.25, -0.2) is 4.98 Å². The molecule has 0 bridgehead atoms. The Hall–Kier alpha value is -1.38. The quantitative estimate of drug-likeness (QED) is 0.627. The van der Waals surface area contributed by atoms with Crippen LogP contribution >= 0.6 is 0 Å². The standard InChI is InChI=1S/C7H9N3/c1-5(2)6-7(8)10-4-3-9-6/h3-4H,1H2,2H3,(H2,8,10). The van der Waals surface area contributed by atoms with Crippen LogP contribution in [0.15, 0.2) is 19.0 Å². The van der Waals surface area contributed by atoms with Crippen molar-refractivity contribution in [3.8, 4) is 0 Å². The van der Waals surface area contributed by atoms with E-state index >= 15 is 0 Å². The molecule has 0 aliphatic carbocycles. The molecule has 1 heterocycles. The van der Waals surface area contributed by atoms with Crippen LogP contribution in [0.5, 0.6) is 0 Å². The van der Waals surface area contributed by atoms with Gasteiger partial charge in [-0.15, -0.1) is 0 Å². The van der Waals surface area contributed by atoms with E-state index in [1.165, 1.54) is 0 Å². The SMILES string of the molecule is C=C(C)c1nccnc1N. The van der Waals surface area contributed by atoms with Crippen LogP contribution < -0.4 is 5.73 Å². The Balaban J connectivity index is 3.15. The van der Waals surface area contributed by atoms with Crippen LogP contribution in [0.2, 0.25) is 0 Å². The van der Waals surface area contributed by atoms with Gasteiger partial charge < -0.3 is 5.73 Å². The molecular formula is C7H9N3. The van der Waals surface area contributed by atoms with Crippen LogP contribution in [0.1, 0.15) is 12.6 Å². The zero-order valence-electron chi connectivity index (χ0n) is 5.83. The normalized spacial score (nSPS) is 9.30. The van der Waals surface area contributed by atoms with Gasteiger partial charge in [0.25, 0.3) is 0 Å². The van der Waals surface area contributed by atoms with Crippen molar-refractivity contribution in [1.82, 2.24) is 9.97 Å². The number of rotatable bonds is 1. The van der Waals surface area contributed by atoms with E-state index in [1.54, 1.807) is 12.4 Å². The number of anilines is 1. The van der Waals surface area contributed by atoms with E-state index in [0.717, 1.165) is 5.57 Å². The lowest BCUT2D eigenvalue weighted by atomic mass is 10.2. The minimum Gasteiger partial charge on any atom is -0.382 e. The molecule has 0 saturated carbocycles. The number of hydrogen-bond acceptors (Lipinski definition) is 3. The third-order valence-electron chi connectivity index (χ3n) is 1.13. The first-order valence-electron chi connectivity index (χ1n) is 2.94. The van der Waals surface area contributed by atoms with E-state index in [2.05, 4.69) is 16.5 Å². The highest BCUT2D eigenvalue weighted by Crippen LogP contribution is 2.11. The summed E-state index contributed by atoms with van der Waals surface area (Å²) >= 11 is 0. The van der Waals surface area contributed by atoms with Crippen LogP contribution in [-0.4, -0.2) is 9.97 Å². The van der Waals surface area contributed by atoms with Gasteiger partial charge in [0.15, 0.2) is 0 Å². The molecule has 0 atom stereocenters. The van der Waals surface area contributed by atoms with E-state index < -0.39 is 0 Å². The minimum atomic E-state index is 0.440. The Morgan fingerprint density at radius 1 is 1.50 bits per heavy atom. The predicted molar refractivity (Wildman–Crippen MR) is 41.2 cm³/mol. The van der Waals surface area contributed by atoms with Crippen molar-refractivity contribution in [3.63, 3.8) is 0 Å². The summed E-state index contributed by atoms with van der Waals surface area (Å²) in [6.45, 7) is 5.55. The largest absolute Gasteiger partial charge is 0.382 e. The summed E-state index contributed by atoms with van der Waals surface area (Å²) in [5, 5.41) is 0. The molecule has 0 spiro atoms. The Labute approximate surface area is 59.6 Å². The molecule has 0 radical (unpaired) electrons. The monoisotopic (exact) mass is 135 g/mol. The average Bonchev–Trinajstić information content (AvgIpc) is 1.88. The number of nitrogens with two attached hydrogens (primary N) is 1. The fraction of sp³-hybridized carbons (Fsp3) is 0.143. The summed E-state index contributed by atoms with van der Waals surface area (Å²) < 4.78 is 0. The van der Waals surface area contributed by atoms with Gasteiger partial charge >= 0.3 is 0 Å². The van der Waals surface area contributed by atoms with Gasteiger partial charge in [0, 0.05) is 12.4 Å². The highest BCUT2D eigenvalue weighted by atomic mass is 14.9. The summed E-state index contributed by atoms with van der Waals surface area (Å²) in [4.78, 5) is 7.85. The molecule has 0 aliphatic rings. The van der Waals surface area contributed by atoms with Gasteiger partial charge in [0.1, 0.15) is 11.5 Å². The van der Waals surface area contributed by atoms with Gasteiger partial charge in [0.05, 0.1) is 0 Å². The molecule has 1 rings (SSSR count). The number of nitrogens with zero attached hydrogens (tertiary/aromatic N) is 2. The van der Waals surface area contributed by atoms with Crippen LogP contribution in [0.4, 0.5) is 5.82 Å². The lowest BCUT2D eigenvalue weighted by molar-refractivity contribution is 1.18. The van der Waals surface area contributed by atoms with E-state index in [0.29, 0.717) is 11.5 Å². The summed E-state index contributed by atoms with van der Waals surface area (Å²) in [6.07, 6.45) is 3.15. The van der Waals surface area contributed by atoms with Gasteiger partial charge in [0.2, 0.25) is 0 Å². The Morgan fingerprint density at radius 3 is 2.50 bits per heavy atom. The first-order chi connectivity index (χ1) is 4.72. The first kappa shape index (κ1) is 6.74. The van der Waals surface area contributed by atoms with Crippen LogP contribution in [0, 0.1) is 0 Å². The molecule has 52 valence electrons. The zero-order chi connectivity index (χ0) is 7.56. The van der Waals surface area contributed by atoms with Crippen LogP contribution in [0.3, 0.4) is 0 Å². The molecule has 0 aliphatic heterocycles. The zero-order valence-corrected chi connectivity index (χ0v) is 5.83. The lowest BCUT2D eigenvalue weighted by Gasteiger charge is -1.99. The molecule has 0 saturated heterocycles. The molecule has 3 heteroatoms. The van der Waals surface area contributed by atoms with Gasteiger partial charge in [-0.05, 0) is 12.5 Å². The van der Waals surface area contributed by atoms with Crippen LogP contribution in [0.25, 0.3) is 5.57 Å². The van der Waals surface area contributed by atoms with Crippen LogP contribution in [-0.2, 0) is 0 Å². The molecule has 1 aromatic rings. The lowest BCUT2D eigenvalue weighted by Crippen LogP contribution is -1.97. The molecule has 0 amide bonds. The topological polar surface area (TPSA) is 51.8 Å². The Bertz CT molecular complexity index is 255. The number of nitrogen functional groups attached to an aromatic ring is 1. The molecule has 1 aromatic heterocycles. The second kappa shape index (κ2) is 2.47. The van der Waals surface area contributed by atoms with Gasteiger partial charge in [-0.3, -0.25) is 4.98 Å². The minimum absolute atomic E-state index is 0.440. The van der Waals surface area contributed by atoms with E-state index in [4.69, 9.17) is 5.73 Å². The Kier molecular flexibility index (Phi) is 1.67. The van der Waals surface area contributed by atoms with Gasteiger partial charge in [-0.2, -0.15) is 0 Å². The maximum atomic E-state index is 5.49. The average molecular weight is 135 g/mol. The molecule has 3 nitrogen and oxygen atoms in total. The molecule has 10 heavy (non-hydrogen) atoms. The fourth-order valence-electron chi connectivity index (χ4n) is 0.678. The van der Waals surface area contributed by atoms with Crippen molar-refractivity contribution in [2.24, 2.45) is 0 Å². The van der Waals surface area contributed by atoms with Crippen molar-refractivity contribution in [2.75, 3.05) is 5.73 Å². The third-order valence-corrected chi connectivity index (χ3v) is 1.13. The molecule has 0 unspecified atom stereocenters. The maximum absolute atomic E-state index is 5.49. The number of allylic oxidation sites excluding steroid dienone is 1. The second-order valence-electron chi connectivity index (χ2n) is 2.07. The third kappa shape index (κ3) is 1.13. The van der Waals surface area contributed by atoms with Crippen molar-refractivity contribution in [2.45, 2.75) is 6.92 Å². The first-order valence-corrected chi connectivity index (χ1v) is 2.94. The predicted octanol–water partition coefficient (Wildman–Crippen LogP) is 1.09. The summed E-state index contributed by atoms with van der Waals surface area (Å²) in [5.41, 5.74) is 7.01. The highest BCUT2D eigenvalue weighted by molar-refractivity contribution is 5.65. The maximum Gasteiger partial charge on any atom is 0.149 e. The fourth-order valence-corrected chi connectivity index (χ4v) is 0.678. The molecule has 0 fully saturated rings. The molecule has 2 N–H and O–H groups in total. The molecular weight excluding hydrogens is 126 g/mol. The van der Waals surface area contributed by atoms with Crippen molar-refractivity contribution in [1.29, 1.82) is 0 Å². The molecule has 0 aromatic carbocycles. The van der Waals surface area contributed by atoms with E-state index in [-0.39, 0.29) is 0 Å². The van der Waals surface area contributed by atoms with Crippen molar-refractivity contribution >= 4 is 11.4 Å². The number of aromatic nitrogens is 2.